The van der Waals surface area contributed by atoms with E-state index in [4.69, 9.17) is 18.9 Å². The van der Waals surface area contributed by atoms with Gasteiger partial charge in [0.2, 0.25) is 0 Å². The summed E-state index contributed by atoms with van der Waals surface area (Å²) in [5, 5.41) is 0. The van der Waals surface area contributed by atoms with Crippen molar-refractivity contribution in [1.29, 1.82) is 0 Å². The second-order valence-corrected chi connectivity index (χ2v) is 5.03. The van der Waals surface area contributed by atoms with Crippen molar-refractivity contribution in [2.45, 2.75) is 31.7 Å². The zero-order chi connectivity index (χ0) is 14.8. The quantitative estimate of drug-likeness (QED) is 0.618. The number of para-hydroxylation sites is 1. The maximum atomic E-state index is 12.3. The lowest BCUT2D eigenvalue weighted by Gasteiger charge is -2.17. The van der Waals surface area contributed by atoms with E-state index < -0.39 is 18.0 Å². The normalized spacial score (nSPS) is 27.2. The standard InChI is InChI=1S/C15H16O6/c1-9(16)20-11-5-3-2-4-10(11)15(17)21-13-8-19-12-6-7-18-14(12)13/h2-5,12-14H,6-8H2,1H3/t12-,13?,14+/m1/s1. The van der Waals surface area contributed by atoms with Crippen molar-refractivity contribution >= 4 is 11.9 Å². The molecule has 0 aromatic heterocycles. The molecule has 1 aromatic rings. The smallest absolute Gasteiger partial charge is 0.342 e. The molecular formula is C15H16O6. The first kappa shape index (κ1) is 14.0. The van der Waals surface area contributed by atoms with E-state index in [2.05, 4.69) is 0 Å². The first-order valence-electron chi connectivity index (χ1n) is 6.87. The molecule has 1 unspecified atom stereocenters. The van der Waals surface area contributed by atoms with Crippen LogP contribution in [-0.2, 0) is 19.0 Å². The van der Waals surface area contributed by atoms with Gasteiger partial charge in [0.1, 0.15) is 17.4 Å². The lowest BCUT2D eigenvalue weighted by Crippen LogP contribution is -2.32. The molecule has 0 spiro atoms. The fourth-order valence-corrected chi connectivity index (χ4v) is 2.61. The molecule has 2 aliphatic heterocycles. The number of carbonyl (C=O) groups excluding carboxylic acids is 2. The summed E-state index contributed by atoms with van der Waals surface area (Å²) in [7, 11) is 0. The maximum Gasteiger partial charge on any atom is 0.342 e. The summed E-state index contributed by atoms with van der Waals surface area (Å²) in [6.07, 6.45) is 0.208. The molecule has 0 bridgehead atoms. The zero-order valence-electron chi connectivity index (χ0n) is 11.6. The summed E-state index contributed by atoms with van der Waals surface area (Å²) in [5.41, 5.74) is 0.217. The number of esters is 2. The number of hydrogen-bond acceptors (Lipinski definition) is 6. The van der Waals surface area contributed by atoms with Crippen LogP contribution in [0.25, 0.3) is 0 Å². The molecule has 2 fully saturated rings. The van der Waals surface area contributed by atoms with E-state index in [9.17, 15) is 9.59 Å². The summed E-state index contributed by atoms with van der Waals surface area (Å²) < 4.78 is 21.5. The number of hydrogen-bond donors (Lipinski definition) is 0. The highest BCUT2D eigenvalue weighted by Gasteiger charge is 2.44. The van der Waals surface area contributed by atoms with Crippen LogP contribution in [0.1, 0.15) is 23.7 Å². The van der Waals surface area contributed by atoms with Gasteiger partial charge in [0, 0.05) is 13.5 Å². The van der Waals surface area contributed by atoms with E-state index in [1.54, 1.807) is 24.3 Å². The fraction of sp³-hybridized carbons (Fsp3) is 0.467. The highest BCUT2D eigenvalue weighted by molar-refractivity contribution is 5.93. The summed E-state index contributed by atoms with van der Waals surface area (Å²) in [6.45, 7) is 2.23. The highest BCUT2D eigenvalue weighted by atomic mass is 16.6. The second-order valence-electron chi connectivity index (χ2n) is 5.03. The summed E-state index contributed by atoms with van der Waals surface area (Å²) in [4.78, 5) is 23.3. The molecule has 2 heterocycles. The van der Waals surface area contributed by atoms with E-state index >= 15 is 0 Å². The van der Waals surface area contributed by atoms with E-state index in [0.29, 0.717) is 13.2 Å². The number of ether oxygens (including phenoxy) is 4. The van der Waals surface area contributed by atoms with Crippen LogP contribution in [0, 0.1) is 0 Å². The third-order valence-corrected chi connectivity index (χ3v) is 3.54. The van der Waals surface area contributed by atoms with Crippen LogP contribution in [0.15, 0.2) is 24.3 Å². The Bertz CT molecular complexity index is 555. The van der Waals surface area contributed by atoms with E-state index in [0.717, 1.165) is 6.42 Å². The van der Waals surface area contributed by atoms with Gasteiger partial charge in [-0.3, -0.25) is 4.79 Å². The average molecular weight is 292 g/mol. The van der Waals surface area contributed by atoms with Gasteiger partial charge < -0.3 is 18.9 Å². The Balaban J connectivity index is 1.72. The van der Waals surface area contributed by atoms with Crippen molar-refractivity contribution in [2.24, 2.45) is 0 Å². The van der Waals surface area contributed by atoms with Gasteiger partial charge in [-0.1, -0.05) is 12.1 Å². The predicted octanol–water partition coefficient (Wildman–Crippen LogP) is 1.32. The molecule has 0 radical (unpaired) electrons. The van der Waals surface area contributed by atoms with Crippen molar-refractivity contribution in [3.63, 3.8) is 0 Å². The van der Waals surface area contributed by atoms with Gasteiger partial charge in [0.25, 0.3) is 0 Å². The lowest BCUT2D eigenvalue weighted by molar-refractivity contribution is -0.131. The fourth-order valence-electron chi connectivity index (χ4n) is 2.61. The summed E-state index contributed by atoms with van der Waals surface area (Å²) in [5.74, 6) is -0.840. The molecule has 0 saturated carbocycles. The molecule has 3 rings (SSSR count). The van der Waals surface area contributed by atoms with Crippen molar-refractivity contribution in [3.05, 3.63) is 29.8 Å². The molecule has 6 heteroatoms. The molecule has 2 aliphatic rings. The first-order valence-corrected chi connectivity index (χ1v) is 6.87. The zero-order valence-corrected chi connectivity index (χ0v) is 11.6. The topological polar surface area (TPSA) is 71.1 Å². The van der Waals surface area contributed by atoms with Gasteiger partial charge in [-0.05, 0) is 18.6 Å². The number of fused-ring (bicyclic) bond motifs is 1. The number of rotatable bonds is 3. The summed E-state index contributed by atoms with van der Waals surface area (Å²) >= 11 is 0. The van der Waals surface area contributed by atoms with Crippen LogP contribution < -0.4 is 4.74 Å². The molecule has 2 saturated heterocycles. The molecule has 0 N–H and O–H groups in total. The molecule has 3 atom stereocenters. The minimum Gasteiger partial charge on any atom is -0.453 e. The maximum absolute atomic E-state index is 12.3. The average Bonchev–Trinajstić information content (AvgIpc) is 3.03. The van der Waals surface area contributed by atoms with Gasteiger partial charge in [0.15, 0.2) is 6.10 Å². The largest absolute Gasteiger partial charge is 0.453 e. The van der Waals surface area contributed by atoms with Gasteiger partial charge >= 0.3 is 11.9 Å². The molecule has 21 heavy (non-hydrogen) atoms. The number of carbonyl (C=O) groups is 2. The van der Waals surface area contributed by atoms with Crippen LogP contribution >= 0.6 is 0 Å². The Hall–Kier alpha value is -1.92. The Morgan fingerprint density at radius 3 is 2.86 bits per heavy atom. The van der Waals surface area contributed by atoms with E-state index in [1.165, 1.54) is 6.92 Å². The summed E-state index contributed by atoms with van der Waals surface area (Å²) in [6, 6.07) is 6.48. The molecule has 0 aliphatic carbocycles. The van der Waals surface area contributed by atoms with Gasteiger partial charge in [0.05, 0.1) is 12.7 Å². The molecule has 0 amide bonds. The minimum atomic E-state index is -0.545. The molecule has 1 aromatic carbocycles. The number of benzene rings is 1. The third kappa shape index (κ3) is 2.91. The van der Waals surface area contributed by atoms with Crippen molar-refractivity contribution in [1.82, 2.24) is 0 Å². The van der Waals surface area contributed by atoms with Crippen molar-refractivity contribution < 1.29 is 28.5 Å². The SMILES string of the molecule is CC(=O)Oc1ccccc1C(=O)OC1CO[C@@H]2CCO[C@H]12. The Morgan fingerprint density at radius 2 is 2.05 bits per heavy atom. The Morgan fingerprint density at radius 1 is 1.24 bits per heavy atom. The molecule has 112 valence electrons. The van der Waals surface area contributed by atoms with Crippen LogP contribution in [0.5, 0.6) is 5.75 Å². The van der Waals surface area contributed by atoms with Gasteiger partial charge in [-0.15, -0.1) is 0 Å². The predicted molar refractivity (Wildman–Crippen MR) is 71.1 cm³/mol. The van der Waals surface area contributed by atoms with Crippen LogP contribution in [0.3, 0.4) is 0 Å². The van der Waals surface area contributed by atoms with Crippen LogP contribution in [-0.4, -0.2) is 43.5 Å². The van der Waals surface area contributed by atoms with Gasteiger partial charge in [-0.2, -0.15) is 0 Å². The monoisotopic (exact) mass is 292 g/mol. The highest BCUT2D eigenvalue weighted by Crippen LogP contribution is 2.29. The molecular weight excluding hydrogens is 276 g/mol. The van der Waals surface area contributed by atoms with Gasteiger partial charge in [-0.25, -0.2) is 4.79 Å². The van der Waals surface area contributed by atoms with Crippen LogP contribution in [0.2, 0.25) is 0 Å². The molecule has 6 nitrogen and oxygen atoms in total. The first-order chi connectivity index (χ1) is 10.1. The van der Waals surface area contributed by atoms with Crippen molar-refractivity contribution in [3.8, 4) is 5.75 Å². The van der Waals surface area contributed by atoms with E-state index in [1.807, 2.05) is 0 Å². The Kier molecular flexibility index (Phi) is 3.90. The van der Waals surface area contributed by atoms with Crippen molar-refractivity contribution in [2.75, 3.05) is 13.2 Å². The van der Waals surface area contributed by atoms with Crippen LogP contribution in [0.4, 0.5) is 0 Å². The van der Waals surface area contributed by atoms with E-state index in [-0.39, 0.29) is 23.5 Å². The lowest BCUT2D eigenvalue weighted by atomic mass is 10.1. The minimum absolute atomic E-state index is 0.00603. The third-order valence-electron chi connectivity index (χ3n) is 3.54. The Labute approximate surface area is 121 Å². The second kappa shape index (κ2) is 5.83.